The zero-order valence-electron chi connectivity index (χ0n) is 8.70. The molecular formula is C12H18O2. The van der Waals surface area contributed by atoms with Gasteiger partial charge >= 0.3 is 0 Å². The highest BCUT2D eigenvalue weighted by atomic mass is 16.5. The smallest absolute Gasteiger partial charge is 0.122 e. The molecule has 14 heavy (non-hydrogen) atoms. The molecule has 0 aliphatic carbocycles. The normalized spacial score (nSPS) is 10.1. The molecule has 1 N–H and O–H groups in total. The van der Waals surface area contributed by atoms with Gasteiger partial charge in [-0.05, 0) is 37.8 Å². The van der Waals surface area contributed by atoms with E-state index in [9.17, 15) is 0 Å². The fourth-order valence-corrected chi connectivity index (χ4v) is 1.29. The lowest BCUT2D eigenvalue weighted by molar-refractivity contribution is 0.265. The van der Waals surface area contributed by atoms with E-state index in [0.29, 0.717) is 0 Å². The van der Waals surface area contributed by atoms with E-state index >= 15 is 0 Å². The number of ether oxygens (including phenoxy) is 1. The van der Waals surface area contributed by atoms with Crippen LogP contribution in [0, 0.1) is 6.92 Å². The van der Waals surface area contributed by atoms with Gasteiger partial charge in [0.15, 0.2) is 0 Å². The highest BCUT2D eigenvalue weighted by Gasteiger charge is 1.96. The summed E-state index contributed by atoms with van der Waals surface area (Å²) in [5, 5.41) is 8.59. The van der Waals surface area contributed by atoms with Crippen LogP contribution in [-0.2, 0) is 0 Å². The van der Waals surface area contributed by atoms with Crippen LogP contribution in [0.2, 0.25) is 0 Å². The number of aliphatic hydroxyl groups excluding tert-OH is 1. The molecule has 0 aliphatic rings. The standard InChI is InChI=1S/C12H18O2/c1-11-7-3-4-8-12(11)14-10-6-2-5-9-13/h3-4,7-8,13H,2,5-6,9-10H2,1H3. The summed E-state index contributed by atoms with van der Waals surface area (Å²) in [6.45, 7) is 3.07. The van der Waals surface area contributed by atoms with Gasteiger partial charge in [0.05, 0.1) is 6.61 Å². The van der Waals surface area contributed by atoms with Crippen molar-refractivity contribution in [1.29, 1.82) is 0 Å². The second-order valence-corrected chi connectivity index (χ2v) is 3.40. The summed E-state index contributed by atoms with van der Waals surface area (Å²) in [6, 6.07) is 8.02. The van der Waals surface area contributed by atoms with E-state index in [0.717, 1.165) is 31.6 Å². The first-order chi connectivity index (χ1) is 6.84. The molecule has 0 fully saturated rings. The van der Waals surface area contributed by atoms with Crippen LogP contribution in [0.3, 0.4) is 0 Å². The molecule has 0 saturated carbocycles. The minimum atomic E-state index is 0.282. The Hall–Kier alpha value is -1.02. The predicted octanol–water partition coefficient (Wildman–Crippen LogP) is 2.54. The number of hydrogen-bond donors (Lipinski definition) is 1. The van der Waals surface area contributed by atoms with Gasteiger partial charge < -0.3 is 9.84 Å². The van der Waals surface area contributed by atoms with Crippen molar-refractivity contribution in [2.75, 3.05) is 13.2 Å². The number of para-hydroxylation sites is 1. The van der Waals surface area contributed by atoms with E-state index < -0.39 is 0 Å². The number of hydrogen-bond acceptors (Lipinski definition) is 2. The van der Waals surface area contributed by atoms with Crippen molar-refractivity contribution in [2.24, 2.45) is 0 Å². The highest BCUT2D eigenvalue weighted by molar-refractivity contribution is 5.31. The van der Waals surface area contributed by atoms with E-state index in [-0.39, 0.29) is 6.61 Å². The van der Waals surface area contributed by atoms with Crippen molar-refractivity contribution < 1.29 is 9.84 Å². The molecule has 0 spiro atoms. The molecule has 0 aliphatic heterocycles. The summed E-state index contributed by atoms with van der Waals surface area (Å²) < 4.78 is 5.60. The molecule has 1 rings (SSSR count). The molecule has 0 bridgehead atoms. The van der Waals surface area contributed by atoms with Crippen molar-refractivity contribution in [3.05, 3.63) is 29.8 Å². The Morgan fingerprint density at radius 3 is 2.64 bits per heavy atom. The molecule has 2 heteroatoms. The summed E-state index contributed by atoms with van der Waals surface area (Å²) in [5.74, 6) is 0.969. The van der Waals surface area contributed by atoms with E-state index in [1.807, 2.05) is 31.2 Å². The molecule has 1 aromatic rings. The van der Waals surface area contributed by atoms with Gasteiger partial charge in [-0.15, -0.1) is 0 Å². The van der Waals surface area contributed by atoms with Crippen LogP contribution in [-0.4, -0.2) is 18.3 Å². The van der Waals surface area contributed by atoms with Crippen molar-refractivity contribution in [2.45, 2.75) is 26.2 Å². The first-order valence-electron chi connectivity index (χ1n) is 5.14. The van der Waals surface area contributed by atoms with Crippen LogP contribution >= 0.6 is 0 Å². The third-order valence-electron chi connectivity index (χ3n) is 2.15. The van der Waals surface area contributed by atoms with Crippen LogP contribution < -0.4 is 4.74 Å². The zero-order valence-corrected chi connectivity index (χ0v) is 8.70. The third kappa shape index (κ3) is 3.79. The van der Waals surface area contributed by atoms with Crippen molar-refractivity contribution >= 4 is 0 Å². The van der Waals surface area contributed by atoms with Crippen molar-refractivity contribution in [1.82, 2.24) is 0 Å². The monoisotopic (exact) mass is 194 g/mol. The number of aryl methyl sites for hydroxylation is 1. The topological polar surface area (TPSA) is 29.5 Å². The first-order valence-corrected chi connectivity index (χ1v) is 5.14. The lowest BCUT2D eigenvalue weighted by Crippen LogP contribution is -1.99. The number of unbranched alkanes of at least 4 members (excludes halogenated alkanes) is 2. The largest absolute Gasteiger partial charge is 0.493 e. The number of rotatable bonds is 6. The molecule has 2 nitrogen and oxygen atoms in total. The molecule has 1 aromatic carbocycles. The molecule has 0 amide bonds. The quantitative estimate of drug-likeness (QED) is 0.705. The Labute approximate surface area is 85.5 Å². The first kappa shape index (κ1) is 11.1. The van der Waals surface area contributed by atoms with Crippen LogP contribution in [0.25, 0.3) is 0 Å². The second kappa shape index (κ2) is 6.44. The molecule has 0 saturated heterocycles. The van der Waals surface area contributed by atoms with Gasteiger partial charge in [-0.3, -0.25) is 0 Å². The molecule has 0 atom stereocenters. The molecule has 0 unspecified atom stereocenters. The Balaban J connectivity index is 2.21. The molecule has 78 valence electrons. The number of benzene rings is 1. The summed E-state index contributed by atoms with van der Waals surface area (Å²) in [4.78, 5) is 0. The predicted molar refractivity (Wildman–Crippen MR) is 57.6 cm³/mol. The Morgan fingerprint density at radius 1 is 1.14 bits per heavy atom. The van der Waals surface area contributed by atoms with Gasteiger partial charge in [-0.25, -0.2) is 0 Å². The number of aliphatic hydroxyl groups is 1. The minimum Gasteiger partial charge on any atom is -0.493 e. The van der Waals surface area contributed by atoms with Gasteiger partial charge in [0, 0.05) is 6.61 Å². The lowest BCUT2D eigenvalue weighted by Gasteiger charge is -2.07. The summed E-state index contributed by atoms with van der Waals surface area (Å²) in [5.41, 5.74) is 1.18. The van der Waals surface area contributed by atoms with Crippen molar-refractivity contribution in [3.8, 4) is 5.75 Å². The highest BCUT2D eigenvalue weighted by Crippen LogP contribution is 2.16. The van der Waals surface area contributed by atoms with Gasteiger partial charge in [0.25, 0.3) is 0 Å². The van der Waals surface area contributed by atoms with Crippen LogP contribution in [0.4, 0.5) is 0 Å². The Bertz CT molecular complexity index is 258. The Kier molecular flexibility index (Phi) is 5.08. The third-order valence-corrected chi connectivity index (χ3v) is 2.15. The molecule has 0 aromatic heterocycles. The molecular weight excluding hydrogens is 176 g/mol. The van der Waals surface area contributed by atoms with Gasteiger partial charge in [-0.1, -0.05) is 18.2 Å². The van der Waals surface area contributed by atoms with Crippen LogP contribution in [0.15, 0.2) is 24.3 Å². The van der Waals surface area contributed by atoms with Crippen LogP contribution in [0.1, 0.15) is 24.8 Å². The maximum absolute atomic E-state index is 8.59. The molecule has 0 heterocycles. The van der Waals surface area contributed by atoms with Gasteiger partial charge in [-0.2, -0.15) is 0 Å². The SMILES string of the molecule is Cc1ccccc1OCCCCCO. The Morgan fingerprint density at radius 2 is 1.93 bits per heavy atom. The summed E-state index contributed by atoms with van der Waals surface area (Å²) in [6.07, 6.45) is 2.91. The lowest BCUT2D eigenvalue weighted by atomic mass is 10.2. The fourth-order valence-electron chi connectivity index (χ4n) is 1.29. The average molecular weight is 194 g/mol. The van der Waals surface area contributed by atoms with E-state index in [2.05, 4.69) is 0 Å². The van der Waals surface area contributed by atoms with E-state index in [4.69, 9.17) is 9.84 Å². The zero-order chi connectivity index (χ0) is 10.2. The second-order valence-electron chi connectivity index (χ2n) is 3.40. The van der Waals surface area contributed by atoms with Crippen molar-refractivity contribution in [3.63, 3.8) is 0 Å². The summed E-state index contributed by atoms with van der Waals surface area (Å²) >= 11 is 0. The van der Waals surface area contributed by atoms with E-state index in [1.165, 1.54) is 5.56 Å². The van der Waals surface area contributed by atoms with E-state index in [1.54, 1.807) is 0 Å². The van der Waals surface area contributed by atoms with Gasteiger partial charge in [0.2, 0.25) is 0 Å². The summed E-state index contributed by atoms with van der Waals surface area (Å²) in [7, 11) is 0. The maximum atomic E-state index is 8.59. The minimum absolute atomic E-state index is 0.282. The van der Waals surface area contributed by atoms with Crippen LogP contribution in [0.5, 0.6) is 5.75 Å². The average Bonchev–Trinajstić information content (AvgIpc) is 2.20. The fraction of sp³-hybridized carbons (Fsp3) is 0.500. The maximum Gasteiger partial charge on any atom is 0.122 e. The molecule has 0 radical (unpaired) electrons. The van der Waals surface area contributed by atoms with Gasteiger partial charge in [0.1, 0.15) is 5.75 Å².